The Hall–Kier alpha value is -4.12. The van der Waals surface area contributed by atoms with Crippen LogP contribution < -0.4 is 0 Å². The molecule has 2 aliphatic rings. The number of amides is 1. The van der Waals surface area contributed by atoms with Crippen molar-refractivity contribution in [1.82, 2.24) is 4.90 Å². The molecular formula is C30H25NO4. The third kappa shape index (κ3) is 3.64. The Morgan fingerprint density at radius 3 is 2.14 bits per heavy atom. The quantitative estimate of drug-likeness (QED) is 0.401. The Labute approximate surface area is 203 Å². The van der Waals surface area contributed by atoms with Crippen molar-refractivity contribution in [1.29, 1.82) is 0 Å². The van der Waals surface area contributed by atoms with Crippen LogP contribution in [0.5, 0.6) is 0 Å². The van der Waals surface area contributed by atoms with Crippen molar-refractivity contribution in [3.63, 3.8) is 0 Å². The van der Waals surface area contributed by atoms with Gasteiger partial charge in [0.1, 0.15) is 12.6 Å². The molecule has 1 N–H and O–H groups in total. The Morgan fingerprint density at radius 1 is 0.829 bits per heavy atom. The molecular weight excluding hydrogens is 438 g/mol. The smallest absolute Gasteiger partial charge is 0.410 e. The lowest BCUT2D eigenvalue weighted by Crippen LogP contribution is -2.43. The zero-order valence-corrected chi connectivity index (χ0v) is 19.1. The fourth-order valence-corrected chi connectivity index (χ4v) is 5.77. The van der Waals surface area contributed by atoms with Crippen molar-refractivity contribution in [2.45, 2.75) is 24.3 Å². The van der Waals surface area contributed by atoms with Gasteiger partial charge in [-0.15, -0.1) is 0 Å². The number of likely N-dealkylation sites (tertiary alicyclic amines) is 1. The minimum atomic E-state index is -1.01. The normalized spacial score (nSPS) is 18.9. The van der Waals surface area contributed by atoms with Crippen molar-refractivity contribution in [3.8, 4) is 11.1 Å². The molecule has 5 heteroatoms. The molecule has 0 aromatic heterocycles. The average Bonchev–Trinajstić information content (AvgIpc) is 3.47. The number of carboxylic acid groups (broad SMARTS) is 1. The Morgan fingerprint density at radius 2 is 1.46 bits per heavy atom. The molecule has 0 radical (unpaired) electrons. The van der Waals surface area contributed by atoms with Gasteiger partial charge in [0, 0.05) is 18.4 Å². The molecule has 174 valence electrons. The predicted octanol–water partition coefficient (Wildman–Crippen LogP) is 6.03. The highest BCUT2D eigenvalue weighted by atomic mass is 16.6. The van der Waals surface area contributed by atoms with Crippen LogP contribution in [0, 0.1) is 0 Å². The summed E-state index contributed by atoms with van der Waals surface area (Å²) in [4.78, 5) is 26.9. The van der Waals surface area contributed by atoms with Gasteiger partial charge in [0.15, 0.2) is 0 Å². The first-order chi connectivity index (χ1) is 17.1. The summed E-state index contributed by atoms with van der Waals surface area (Å²) in [6.07, 6.45) is 0.0158. The standard InChI is InChI=1S/C30H25NO4/c32-29(33)28-22(21-14-13-19-7-1-2-8-20(19)17-21)15-16-31(28)30(34)35-18-27-25-11-5-3-9-23(25)24-10-4-6-12-26(24)27/h1-14,17,22,27-28H,15-16,18H2,(H,32,33)/t22-,28?/m1/s1. The van der Waals surface area contributed by atoms with Crippen molar-refractivity contribution in [2.75, 3.05) is 13.2 Å². The van der Waals surface area contributed by atoms with E-state index in [1.807, 2.05) is 66.7 Å². The molecule has 0 spiro atoms. The highest BCUT2D eigenvalue weighted by molar-refractivity contribution is 5.85. The molecule has 4 aromatic carbocycles. The molecule has 1 saturated heterocycles. The van der Waals surface area contributed by atoms with Gasteiger partial charge in [-0.05, 0) is 45.0 Å². The van der Waals surface area contributed by atoms with Gasteiger partial charge in [0.05, 0.1) is 0 Å². The molecule has 2 atom stereocenters. The Bertz CT molecular complexity index is 1400. The van der Waals surface area contributed by atoms with E-state index in [1.54, 1.807) is 0 Å². The maximum Gasteiger partial charge on any atom is 0.410 e. The van der Waals surface area contributed by atoms with Crippen molar-refractivity contribution >= 4 is 22.8 Å². The van der Waals surface area contributed by atoms with Crippen LogP contribution in [0.25, 0.3) is 21.9 Å². The summed E-state index contributed by atoms with van der Waals surface area (Å²) in [6.45, 7) is 0.529. The maximum absolute atomic E-state index is 13.2. The van der Waals surface area contributed by atoms with Crippen LogP contribution in [0.4, 0.5) is 4.79 Å². The van der Waals surface area contributed by atoms with Crippen molar-refractivity contribution in [3.05, 3.63) is 108 Å². The van der Waals surface area contributed by atoms with Gasteiger partial charge in [0.25, 0.3) is 0 Å². The number of aliphatic carboxylic acids is 1. The molecule has 35 heavy (non-hydrogen) atoms. The van der Waals surface area contributed by atoms with Crippen LogP contribution in [0.3, 0.4) is 0 Å². The number of hydrogen-bond donors (Lipinski definition) is 1. The third-order valence-electron chi connectivity index (χ3n) is 7.42. The van der Waals surface area contributed by atoms with Gasteiger partial charge in [-0.1, -0.05) is 91.0 Å². The highest BCUT2D eigenvalue weighted by Crippen LogP contribution is 2.44. The summed E-state index contributed by atoms with van der Waals surface area (Å²) >= 11 is 0. The average molecular weight is 464 g/mol. The molecule has 1 aliphatic heterocycles. The van der Waals surface area contributed by atoms with Crippen LogP contribution in [0.1, 0.15) is 34.9 Å². The van der Waals surface area contributed by atoms with E-state index in [-0.39, 0.29) is 18.4 Å². The van der Waals surface area contributed by atoms with E-state index < -0.39 is 18.1 Å². The summed E-state index contributed by atoms with van der Waals surface area (Å²) in [5.41, 5.74) is 5.51. The minimum absolute atomic E-state index is 0.0616. The van der Waals surface area contributed by atoms with E-state index >= 15 is 0 Å². The second-order valence-corrected chi connectivity index (χ2v) is 9.28. The first-order valence-electron chi connectivity index (χ1n) is 11.9. The number of nitrogens with zero attached hydrogens (tertiary/aromatic N) is 1. The van der Waals surface area contributed by atoms with Crippen LogP contribution in [0.15, 0.2) is 91.0 Å². The monoisotopic (exact) mass is 463 g/mol. The number of benzene rings is 4. The summed E-state index contributed by atoms with van der Waals surface area (Å²) in [5, 5.41) is 12.2. The lowest BCUT2D eigenvalue weighted by Gasteiger charge is -2.25. The Kier molecular flexibility index (Phi) is 5.25. The molecule has 1 aliphatic carbocycles. The summed E-state index contributed by atoms with van der Waals surface area (Å²) in [5.74, 6) is -1.35. The van der Waals surface area contributed by atoms with Gasteiger partial charge in [-0.3, -0.25) is 4.90 Å². The second kappa shape index (κ2) is 8.58. The molecule has 1 heterocycles. The summed E-state index contributed by atoms with van der Waals surface area (Å²) in [6, 6.07) is 29.4. The zero-order chi connectivity index (χ0) is 23.9. The number of fused-ring (bicyclic) bond motifs is 4. The topological polar surface area (TPSA) is 66.8 Å². The summed E-state index contributed by atoms with van der Waals surface area (Å²) in [7, 11) is 0. The summed E-state index contributed by atoms with van der Waals surface area (Å²) < 4.78 is 5.78. The fourth-order valence-electron chi connectivity index (χ4n) is 5.77. The number of rotatable bonds is 4. The SMILES string of the molecule is O=C(O)C1[C@@H](c2ccc3ccccc3c2)CCN1C(=O)OCC1c2ccccc2-c2ccccc21. The zero-order valence-electron chi connectivity index (χ0n) is 19.1. The molecule has 6 rings (SSSR count). The van der Waals surface area contributed by atoms with Gasteiger partial charge >= 0.3 is 12.1 Å². The van der Waals surface area contributed by atoms with Crippen LogP contribution >= 0.6 is 0 Å². The molecule has 1 amide bonds. The lowest BCUT2D eigenvalue weighted by molar-refractivity contribution is -0.142. The van der Waals surface area contributed by atoms with Gasteiger partial charge in [-0.2, -0.15) is 0 Å². The molecule has 0 bridgehead atoms. The molecule has 1 fully saturated rings. The fraction of sp³-hybridized carbons (Fsp3) is 0.200. The van der Waals surface area contributed by atoms with E-state index in [0.717, 1.165) is 38.6 Å². The van der Waals surface area contributed by atoms with Gasteiger partial charge in [0.2, 0.25) is 0 Å². The predicted molar refractivity (Wildman–Crippen MR) is 135 cm³/mol. The first-order valence-corrected chi connectivity index (χ1v) is 11.9. The minimum Gasteiger partial charge on any atom is -0.480 e. The largest absolute Gasteiger partial charge is 0.480 e. The lowest BCUT2D eigenvalue weighted by atomic mass is 9.90. The van der Waals surface area contributed by atoms with Crippen LogP contribution in [-0.4, -0.2) is 41.3 Å². The van der Waals surface area contributed by atoms with Crippen molar-refractivity contribution in [2.24, 2.45) is 0 Å². The number of carboxylic acids is 1. The first kappa shape index (κ1) is 21.4. The Balaban J connectivity index is 1.22. The molecule has 1 unspecified atom stereocenters. The maximum atomic E-state index is 13.2. The van der Waals surface area contributed by atoms with E-state index in [0.29, 0.717) is 13.0 Å². The van der Waals surface area contributed by atoms with E-state index in [9.17, 15) is 14.7 Å². The second-order valence-electron chi connectivity index (χ2n) is 9.28. The van der Waals surface area contributed by atoms with Crippen LogP contribution in [-0.2, 0) is 9.53 Å². The number of carbonyl (C=O) groups excluding carboxylic acids is 1. The van der Waals surface area contributed by atoms with Gasteiger partial charge in [-0.25, -0.2) is 9.59 Å². The van der Waals surface area contributed by atoms with E-state index in [1.165, 1.54) is 4.90 Å². The molecule has 5 nitrogen and oxygen atoms in total. The highest BCUT2D eigenvalue weighted by Gasteiger charge is 2.44. The van der Waals surface area contributed by atoms with Gasteiger partial charge < -0.3 is 9.84 Å². The van der Waals surface area contributed by atoms with E-state index in [2.05, 4.69) is 24.3 Å². The van der Waals surface area contributed by atoms with Crippen LogP contribution in [0.2, 0.25) is 0 Å². The molecule has 0 saturated carbocycles. The van der Waals surface area contributed by atoms with E-state index in [4.69, 9.17) is 4.74 Å². The molecule has 4 aromatic rings. The third-order valence-corrected chi connectivity index (χ3v) is 7.42. The number of hydrogen-bond acceptors (Lipinski definition) is 3. The number of ether oxygens (including phenoxy) is 1. The van der Waals surface area contributed by atoms with Crippen molar-refractivity contribution < 1.29 is 19.4 Å². The number of carbonyl (C=O) groups is 2.